The minimum Gasteiger partial charge on any atom is -0.208 e. The van der Waals surface area contributed by atoms with E-state index in [0.717, 1.165) is 27.5 Å². The van der Waals surface area contributed by atoms with Crippen LogP contribution in [0.5, 0.6) is 0 Å². The maximum atomic E-state index is 5.33. The highest BCUT2D eigenvalue weighted by molar-refractivity contribution is 6.13. The largest absolute Gasteiger partial charge is 0.208 e. The zero-order valence-electron chi connectivity index (χ0n) is 29.9. The van der Waals surface area contributed by atoms with Gasteiger partial charge in [0.1, 0.15) is 0 Å². The molecule has 0 unspecified atom stereocenters. The van der Waals surface area contributed by atoms with E-state index in [-0.39, 0.29) is 0 Å². The number of hydrogen-bond donors (Lipinski definition) is 0. The lowest BCUT2D eigenvalue weighted by Gasteiger charge is -2.34. The standard InChI is InChI=1S/C52H33N3/c1-4-16-35(17-5-1)49-53-50(55-51(54-49)46-32-36-18-10-11-23-40(36)41-24-12-13-25-42(41)46)37-29-28-34-30-31-44-43-26-14-15-27-47(43)52(48(44)45(34)33-37,38-19-6-2-7-20-38)39-21-8-3-9-22-39/h1-33H. The maximum Gasteiger partial charge on any atom is 0.164 e. The summed E-state index contributed by atoms with van der Waals surface area (Å²) in [5.74, 6) is 1.94. The Bertz CT molecular complexity index is 3040. The van der Waals surface area contributed by atoms with Gasteiger partial charge in [0.15, 0.2) is 17.5 Å². The predicted octanol–water partition coefficient (Wildman–Crippen LogP) is 12.7. The molecule has 0 fully saturated rings. The molecule has 9 aromatic carbocycles. The van der Waals surface area contributed by atoms with E-state index in [0.29, 0.717) is 17.5 Å². The lowest BCUT2D eigenvalue weighted by molar-refractivity contribution is 0.775. The third-order valence-corrected chi connectivity index (χ3v) is 11.4. The van der Waals surface area contributed by atoms with Crippen LogP contribution in [0.15, 0.2) is 200 Å². The Kier molecular flexibility index (Phi) is 7.08. The first kappa shape index (κ1) is 31.3. The second kappa shape index (κ2) is 12.4. The van der Waals surface area contributed by atoms with Gasteiger partial charge in [-0.3, -0.25) is 0 Å². The number of hydrogen-bond acceptors (Lipinski definition) is 3. The third kappa shape index (κ3) is 4.80. The number of rotatable bonds is 5. The third-order valence-electron chi connectivity index (χ3n) is 11.4. The molecule has 1 heterocycles. The van der Waals surface area contributed by atoms with Crippen LogP contribution in [0.4, 0.5) is 0 Å². The van der Waals surface area contributed by atoms with Gasteiger partial charge in [0.2, 0.25) is 0 Å². The van der Waals surface area contributed by atoms with Crippen LogP contribution >= 0.6 is 0 Å². The number of aromatic nitrogens is 3. The number of nitrogens with zero attached hydrogens (tertiary/aromatic N) is 3. The molecule has 0 atom stereocenters. The Labute approximate surface area is 319 Å². The fourth-order valence-corrected chi connectivity index (χ4v) is 8.99. The zero-order chi connectivity index (χ0) is 36.3. The van der Waals surface area contributed by atoms with Crippen molar-refractivity contribution in [1.82, 2.24) is 15.0 Å². The molecular formula is C52H33N3. The van der Waals surface area contributed by atoms with Crippen molar-refractivity contribution >= 4 is 32.3 Å². The molecule has 0 amide bonds. The van der Waals surface area contributed by atoms with Crippen LogP contribution in [0.3, 0.4) is 0 Å². The summed E-state index contributed by atoms with van der Waals surface area (Å²) >= 11 is 0. The molecule has 10 aromatic rings. The molecule has 0 saturated carbocycles. The fourth-order valence-electron chi connectivity index (χ4n) is 8.99. The van der Waals surface area contributed by atoms with Gasteiger partial charge in [-0.05, 0) is 77.8 Å². The van der Waals surface area contributed by atoms with Crippen LogP contribution in [0.2, 0.25) is 0 Å². The quantitative estimate of drug-likeness (QED) is 0.168. The summed E-state index contributed by atoms with van der Waals surface area (Å²) in [6.45, 7) is 0. The molecule has 3 heteroatoms. The topological polar surface area (TPSA) is 38.7 Å². The first-order chi connectivity index (χ1) is 27.3. The lowest BCUT2D eigenvalue weighted by atomic mass is 9.66. The Morgan fingerprint density at radius 1 is 0.309 bits per heavy atom. The molecule has 0 spiro atoms. The van der Waals surface area contributed by atoms with Crippen LogP contribution in [-0.2, 0) is 5.41 Å². The molecular weight excluding hydrogens is 667 g/mol. The first-order valence-corrected chi connectivity index (χ1v) is 18.8. The van der Waals surface area contributed by atoms with E-state index in [1.54, 1.807) is 0 Å². The van der Waals surface area contributed by atoms with E-state index in [2.05, 4.69) is 182 Å². The van der Waals surface area contributed by atoms with Gasteiger partial charge >= 0.3 is 0 Å². The molecule has 0 radical (unpaired) electrons. The second-order valence-electron chi connectivity index (χ2n) is 14.3. The summed E-state index contributed by atoms with van der Waals surface area (Å²) in [7, 11) is 0. The molecule has 0 N–H and O–H groups in total. The van der Waals surface area contributed by atoms with Crippen molar-refractivity contribution in [3.63, 3.8) is 0 Å². The highest BCUT2D eigenvalue weighted by Gasteiger charge is 2.47. The van der Waals surface area contributed by atoms with Gasteiger partial charge in [-0.2, -0.15) is 0 Å². The Morgan fingerprint density at radius 3 is 1.62 bits per heavy atom. The highest BCUT2D eigenvalue weighted by atomic mass is 15.0. The van der Waals surface area contributed by atoms with Gasteiger partial charge in [0, 0.05) is 16.7 Å². The van der Waals surface area contributed by atoms with Crippen LogP contribution in [-0.4, -0.2) is 15.0 Å². The monoisotopic (exact) mass is 699 g/mol. The second-order valence-corrected chi connectivity index (χ2v) is 14.3. The molecule has 11 rings (SSSR count). The average molecular weight is 700 g/mol. The minimum atomic E-state index is -0.532. The molecule has 3 nitrogen and oxygen atoms in total. The van der Waals surface area contributed by atoms with Crippen LogP contribution in [0, 0.1) is 0 Å². The molecule has 0 saturated heterocycles. The van der Waals surface area contributed by atoms with E-state index in [1.165, 1.54) is 54.9 Å². The van der Waals surface area contributed by atoms with Crippen molar-refractivity contribution in [2.24, 2.45) is 0 Å². The number of benzene rings is 9. The predicted molar refractivity (Wildman–Crippen MR) is 226 cm³/mol. The summed E-state index contributed by atoms with van der Waals surface area (Å²) in [5, 5.41) is 7.00. The molecule has 1 aromatic heterocycles. The Morgan fingerprint density at radius 2 is 0.873 bits per heavy atom. The van der Waals surface area contributed by atoms with E-state index in [4.69, 9.17) is 15.0 Å². The van der Waals surface area contributed by atoms with Gasteiger partial charge in [0.05, 0.1) is 5.41 Å². The molecule has 256 valence electrons. The van der Waals surface area contributed by atoms with Crippen molar-refractivity contribution in [1.29, 1.82) is 0 Å². The molecule has 0 aliphatic heterocycles. The summed E-state index contributed by atoms with van der Waals surface area (Å²) < 4.78 is 0. The zero-order valence-corrected chi connectivity index (χ0v) is 29.9. The summed E-state index contributed by atoms with van der Waals surface area (Å²) in [6.07, 6.45) is 0. The van der Waals surface area contributed by atoms with Crippen molar-refractivity contribution in [2.45, 2.75) is 5.41 Å². The van der Waals surface area contributed by atoms with Gasteiger partial charge in [-0.25, -0.2) is 15.0 Å². The van der Waals surface area contributed by atoms with Gasteiger partial charge in [0.25, 0.3) is 0 Å². The maximum absolute atomic E-state index is 5.33. The Hall–Kier alpha value is -7.23. The van der Waals surface area contributed by atoms with Crippen LogP contribution < -0.4 is 0 Å². The normalized spacial score (nSPS) is 12.9. The molecule has 1 aliphatic rings. The van der Waals surface area contributed by atoms with Crippen molar-refractivity contribution in [2.75, 3.05) is 0 Å². The smallest absolute Gasteiger partial charge is 0.164 e. The van der Waals surface area contributed by atoms with Crippen molar-refractivity contribution < 1.29 is 0 Å². The first-order valence-electron chi connectivity index (χ1n) is 18.8. The molecule has 1 aliphatic carbocycles. The summed E-state index contributed by atoms with van der Waals surface area (Å²) in [5.41, 5.74) is 9.90. The van der Waals surface area contributed by atoms with Crippen LogP contribution in [0.1, 0.15) is 22.3 Å². The minimum absolute atomic E-state index is 0.532. The van der Waals surface area contributed by atoms with E-state index in [9.17, 15) is 0 Å². The lowest BCUT2D eigenvalue weighted by Crippen LogP contribution is -2.28. The molecule has 0 bridgehead atoms. The van der Waals surface area contributed by atoms with Crippen LogP contribution in [0.25, 0.3) is 77.6 Å². The fraction of sp³-hybridized carbons (Fsp3) is 0.0192. The Balaban J connectivity index is 1.20. The van der Waals surface area contributed by atoms with Gasteiger partial charge in [-0.15, -0.1) is 0 Å². The van der Waals surface area contributed by atoms with E-state index in [1.807, 2.05) is 18.2 Å². The van der Waals surface area contributed by atoms with Gasteiger partial charge in [-0.1, -0.05) is 188 Å². The van der Waals surface area contributed by atoms with Crippen molar-refractivity contribution in [3.05, 3.63) is 222 Å². The number of fused-ring (bicyclic) bond motifs is 8. The molecule has 55 heavy (non-hydrogen) atoms. The average Bonchev–Trinajstić information content (AvgIpc) is 3.58. The summed E-state index contributed by atoms with van der Waals surface area (Å²) in [4.78, 5) is 15.7. The highest BCUT2D eigenvalue weighted by Crippen LogP contribution is 2.58. The van der Waals surface area contributed by atoms with Crippen molar-refractivity contribution in [3.8, 4) is 45.3 Å². The SMILES string of the molecule is c1ccc(-c2nc(-c3ccc4ccc5c(c4c3)C(c3ccccc3)(c3ccccc3)c3ccccc3-5)nc(-c3cc4ccccc4c4ccccc34)n2)cc1. The summed E-state index contributed by atoms with van der Waals surface area (Å²) in [6, 6.07) is 71.7. The van der Waals surface area contributed by atoms with E-state index < -0.39 is 5.41 Å². The van der Waals surface area contributed by atoms with E-state index >= 15 is 0 Å². The van der Waals surface area contributed by atoms with Gasteiger partial charge < -0.3 is 0 Å².